The lowest BCUT2D eigenvalue weighted by molar-refractivity contribution is 0.852. The molecule has 0 aliphatic rings. The minimum atomic E-state index is -0.321. The van der Waals surface area contributed by atoms with Crippen molar-refractivity contribution in [1.82, 2.24) is 4.98 Å². The molecule has 0 saturated carbocycles. The molecule has 5 heteroatoms. The van der Waals surface area contributed by atoms with Crippen LogP contribution in [0.4, 0.5) is 0 Å². The van der Waals surface area contributed by atoms with E-state index in [1.54, 1.807) is 29.5 Å². The van der Waals surface area contributed by atoms with Crippen molar-refractivity contribution in [2.75, 3.05) is 0 Å². The third-order valence-electron chi connectivity index (χ3n) is 2.60. The van der Waals surface area contributed by atoms with Gasteiger partial charge in [-0.25, -0.2) is 4.98 Å². The summed E-state index contributed by atoms with van der Waals surface area (Å²) in [5.74, 6) is 0. The number of halogens is 2. The van der Waals surface area contributed by atoms with Crippen molar-refractivity contribution in [2.24, 2.45) is 5.73 Å². The second kappa shape index (κ2) is 4.94. The summed E-state index contributed by atoms with van der Waals surface area (Å²) in [5.41, 5.74) is 8.00. The van der Waals surface area contributed by atoms with Crippen LogP contribution < -0.4 is 5.73 Å². The summed E-state index contributed by atoms with van der Waals surface area (Å²) in [6, 6.07) is 4.98. The van der Waals surface area contributed by atoms with Gasteiger partial charge in [0.2, 0.25) is 0 Å². The second-order valence-corrected chi connectivity index (χ2v) is 5.92. The Hall–Kier alpha value is -0.610. The first kappa shape index (κ1) is 12.8. The normalized spacial score (nSPS) is 12.8. The van der Waals surface area contributed by atoms with Gasteiger partial charge >= 0.3 is 0 Å². The molecular weight excluding hydrogens is 275 g/mol. The highest BCUT2D eigenvalue weighted by Crippen LogP contribution is 2.31. The molecule has 0 amide bonds. The Kier molecular flexibility index (Phi) is 3.73. The minimum absolute atomic E-state index is 0.321. The lowest BCUT2D eigenvalue weighted by Gasteiger charge is -2.11. The van der Waals surface area contributed by atoms with Gasteiger partial charge < -0.3 is 5.73 Å². The van der Waals surface area contributed by atoms with Gasteiger partial charge in [-0.05, 0) is 37.6 Å². The number of nitrogens with two attached hydrogens (primary N) is 1. The quantitative estimate of drug-likeness (QED) is 0.902. The van der Waals surface area contributed by atoms with E-state index in [2.05, 4.69) is 4.98 Å². The summed E-state index contributed by atoms with van der Waals surface area (Å²) in [5, 5.41) is 2.11. The van der Waals surface area contributed by atoms with E-state index in [9.17, 15) is 0 Å². The van der Waals surface area contributed by atoms with Gasteiger partial charge in [0.1, 0.15) is 5.01 Å². The molecule has 2 N–H and O–H groups in total. The molecule has 1 aromatic carbocycles. The van der Waals surface area contributed by atoms with E-state index in [-0.39, 0.29) is 6.04 Å². The first-order chi connectivity index (χ1) is 7.99. The Morgan fingerprint density at radius 1 is 1.29 bits per heavy atom. The standard InChI is InChI=1S/C12H12Cl2N2S/c1-6-7(2)17-12(16-6)11(15)9-5-8(13)3-4-10(9)14/h3-5,11H,15H2,1-2H3. The summed E-state index contributed by atoms with van der Waals surface area (Å²) in [6.45, 7) is 4.00. The van der Waals surface area contributed by atoms with Crippen LogP contribution in [0.25, 0.3) is 0 Å². The van der Waals surface area contributed by atoms with Gasteiger partial charge in [-0.2, -0.15) is 0 Å². The van der Waals surface area contributed by atoms with E-state index >= 15 is 0 Å². The van der Waals surface area contributed by atoms with Crippen LogP contribution in [0.5, 0.6) is 0 Å². The predicted molar refractivity (Wildman–Crippen MR) is 74.1 cm³/mol. The van der Waals surface area contributed by atoms with Gasteiger partial charge in [-0.15, -0.1) is 11.3 Å². The Morgan fingerprint density at radius 2 is 2.00 bits per heavy atom. The van der Waals surface area contributed by atoms with E-state index in [0.717, 1.165) is 16.3 Å². The average Bonchev–Trinajstić information content (AvgIpc) is 2.62. The summed E-state index contributed by atoms with van der Waals surface area (Å²) in [4.78, 5) is 5.62. The van der Waals surface area contributed by atoms with Gasteiger partial charge in [-0.1, -0.05) is 23.2 Å². The Bertz CT molecular complexity index is 532. The van der Waals surface area contributed by atoms with E-state index in [0.29, 0.717) is 10.0 Å². The number of rotatable bonds is 2. The average molecular weight is 287 g/mol. The van der Waals surface area contributed by atoms with Crippen molar-refractivity contribution >= 4 is 34.5 Å². The Balaban J connectivity index is 2.42. The molecule has 2 nitrogen and oxygen atoms in total. The number of aryl methyl sites for hydroxylation is 2. The maximum atomic E-state index is 6.17. The Labute approximate surface area is 114 Å². The van der Waals surface area contributed by atoms with E-state index < -0.39 is 0 Å². The number of aromatic nitrogens is 1. The maximum Gasteiger partial charge on any atom is 0.114 e. The molecule has 0 radical (unpaired) electrons. The van der Waals surface area contributed by atoms with Crippen molar-refractivity contribution in [2.45, 2.75) is 19.9 Å². The molecular formula is C12H12Cl2N2S. The molecule has 2 rings (SSSR count). The third-order valence-corrected chi connectivity index (χ3v) is 4.34. The van der Waals surface area contributed by atoms with Crippen LogP contribution in [0.2, 0.25) is 10.0 Å². The molecule has 1 atom stereocenters. The molecule has 1 aromatic heterocycles. The van der Waals surface area contributed by atoms with Gasteiger partial charge in [0.15, 0.2) is 0 Å². The number of nitrogens with zero attached hydrogens (tertiary/aromatic N) is 1. The smallest absolute Gasteiger partial charge is 0.114 e. The highest BCUT2D eigenvalue weighted by Gasteiger charge is 2.17. The molecule has 90 valence electrons. The van der Waals surface area contributed by atoms with Crippen LogP contribution in [0.3, 0.4) is 0 Å². The van der Waals surface area contributed by atoms with E-state index in [4.69, 9.17) is 28.9 Å². The third kappa shape index (κ3) is 2.63. The van der Waals surface area contributed by atoms with Crippen molar-refractivity contribution in [1.29, 1.82) is 0 Å². The lowest BCUT2D eigenvalue weighted by atomic mass is 10.1. The van der Waals surface area contributed by atoms with E-state index in [1.807, 2.05) is 13.8 Å². The number of thiazole rings is 1. The molecule has 0 fully saturated rings. The highest BCUT2D eigenvalue weighted by molar-refractivity contribution is 7.11. The second-order valence-electron chi connectivity index (χ2n) is 3.84. The molecule has 0 saturated heterocycles. The van der Waals surface area contributed by atoms with E-state index in [1.165, 1.54) is 4.88 Å². The summed E-state index contributed by atoms with van der Waals surface area (Å²) in [6.07, 6.45) is 0. The summed E-state index contributed by atoms with van der Waals surface area (Å²) >= 11 is 13.7. The molecule has 17 heavy (non-hydrogen) atoms. The highest BCUT2D eigenvalue weighted by atomic mass is 35.5. The van der Waals surface area contributed by atoms with Crippen LogP contribution in [0, 0.1) is 13.8 Å². The first-order valence-corrected chi connectivity index (χ1v) is 6.70. The fourth-order valence-electron chi connectivity index (χ4n) is 1.52. The molecule has 1 heterocycles. The van der Waals surface area contributed by atoms with Crippen molar-refractivity contribution in [3.63, 3.8) is 0 Å². The van der Waals surface area contributed by atoms with Crippen LogP contribution in [-0.2, 0) is 0 Å². The first-order valence-electron chi connectivity index (χ1n) is 5.13. The fourth-order valence-corrected chi connectivity index (χ4v) is 2.88. The molecule has 0 aliphatic carbocycles. The van der Waals surface area contributed by atoms with Gasteiger partial charge in [-0.3, -0.25) is 0 Å². The van der Waals surface area contributed by atoms with Crippen molar-refractivity contribution in [3.8, 4) is 0 Å². The number of hydrogen-bond donors (Lipinski definition) is 1. The topological polar surface area (TPSA) is 38.9 Å². The van der Waals surface area contributed by atoms with Crippen LogP contribution in [-0.4, -0.2) is 4.98 Å². The summed E-state index contributed by atoms with van der Waals surface area (Å²) < 4.78 is 0. The Morgan fingerprint density at radius 3 is 2.59 bits per heavy atom. The number of benzene rings is 1. The van der Waals surface area contributed by atoms with Crippen LogP contribution in [0.1, 0.15) is 27.2 Å². The summed E-state index contributed by atoms with van der Waals surface area (Å²) in [7, 11) is 0. The SMILES string of the molecule is Cc1nc(C(N)c2cc(Cl)ccc2Cl)sc1C. The fraction of sp³-hybridized carbons (Fsp3) is 0.250. The lowest BCUT2D eigenvalue weighted by Crippen LogP contribution is -2.12. The number of hydrogen-bond acceptors (Lipinski definition) is 3. The van der Waals surface area contributed by atoms with Gasteiger partial charge in [0.05, 0.1) is 11.7 Å². The molecule has 2 aromatic rings. The minimum Gasteiger partial charge on any atom is -0.318 e. The zero-order valence-electron chi connectivity index (χ0n) is 9.50. The van der Waals surface area contributed by atoms with Crippen molar-refractivity contribution < 1.29 is 0 Å². The largest absolute Gasteiger partial charge is 0.318 e. The zero-order chi connectivity index (χ0) is 12.6. The van der Waals surface area contributed by atoms with Crippen molar-refractivity contribution in [3.05, 3.63) is 49.4 Å². The zero-order valence-corrected chi connectivity index (χ0v) is 11.8. The van der Waals surface area contributed by atoms with Gasteiger partial charge in [0.25, 0.3) is 0 Å². The monoisotopic (exact) mass is 286 g/mol. The van der Waals surface area contributed by atoms with Crippen LogP contribution >= 0.6 is 34.5 Å². The predicted octanol–water partition coefficient (Wildman–Crippen LogP) is 4.11. The van der Waals surface area contributed by atoms with Crippen LogP contribution in [0.15, 0.2) is 18.2 Å². The van der Waals surface area contributed by atoms with Gasteiger partial charge in [0, 0.05) is 14.9 Å². The molecule has 0 spiro atoms. The molecule has 0 bridgehead atoms. The molecule has 1 unspecified atom stereocenters. The maximum absolute atomic E-state index is 6.17. The molecule has 0 aliphatic heterocycles.